The van der Waals surface area contributed by atoms with Crippen LogP contribution in [0, 0.1) is 0 Å². The van der Waals surface area contributed by atoms with Crippen LogP contribution in [-0.2, 0) is 6.54 Å². The zero-order valence-corrected chi connectivity index (χ0v) is 5.91. The van der Waals surface area contributed by atoms with E-state index in [1.807, 2.05) is 6.92 Å². The Morgan fingerprint density at radius 3 is 3.10 bits per heavy atom. The average molecular weight is 141 g/mol. The number of aromatic nitrogens is 2. The molecule has 1 heterocycles. The van der Waals surface area contributed by atoms with Crippen molar-refractivity contribution in [2.45, 2.75) is 13.5 Å². The Labute approximate surface area is 59.5 Å². The maximum Gasteiger partial charge on any atom is 0.122 e. The van der Waals surface area contributed by atoms with E-state index in [1.54, 1.807) is 12.4 Å². The van der Waals surface area contributed by atoms with Gasteiger partial charge in [-0.15, -0.1) is 0 Å². The molecule has 0 radical (unpaired) electrons. The molecule has 0 saturated carbocycles. The van der Waals surface area contributed by atoms with E-state index in [-0.39, 0.29) is 0 Å². The summed E-state index contributed by atoms with van der Waals surface area (Å²) in [6.07, 6.45) is 3.40. The van der Waals surface area contributed by atoms with Crippen LogP contribution >= 0.6 is 0 Å². The fourth-order valence-corrected chi connectivity index (χ4v) is 0.669. The van der Waals surface area contributed by atoms with Crippen molar-refractivity contribution in [3.05, 3.63) is 18.2 Å². The summed E-state index contributed by atoms with van der Waals surface area (Å²) in [5.74, 6) is 0.782. The first-order valence-electron chi connectivity index (χ1n) is 3.25. The molecule has 10 heavy (non-hydrogen) atoms. The molecule has 0 aliphatic carbocycles. The molecule has 0 atom stereocenters. The summed E-state index contributed by atoms with van der Waals surface area (Å²) in [6, 6.07) is 0. The molecule has 0 unspecified atom stereocenters. The van der Waals surface area contributed by atoms with Crippen molar-refractivity contribution in [1.29, 1.82) is 0 Å². The molecule has 4 nitrogen and oxygen atoms in total. The van der Waals surface area contributed by atoms with E-state index in [4.69, 9.17) is 5.21 Å². The number of H-pyrrole nitrogens is 1. The number of nitrogens with one attached hydrogen (secondary N) is 1. The van der Waals surface area contributed by atoms with Crippen LogP contribution in [-0.4, -0.2) is 26.8 Å². The number of nitrogens with zero attached hydrogens (tertiary/aromatic N) is 2. The summed E-state index contributed by atoms with van der Waals surface area (Å²) in [6.45, 7) is 2.95. The molecule has 0 spiro atoms. The molecule has 0 aliphatic heterocycles. The molecule has 0 aliphatic rings. The lowest BCUT2D eigenvalue weighted by Crippen LogP contribution is -2.18. The third-order valence-corrected chi connectivity index (χ3v) is 1.25. The van der Waals surface area contributed by atoms with Gasteiger partial charge < -0.3 is 10.2 Å². The number of hydrogen-bond donors (Lipinski definition) is 2. The van der Waals surface area contributed by atoms with E-state index >= 15 is 0 Å². The maximum atomic E-state index is 9.00. The lowest BCUT2D eigenvalue weighted by atomic mass is 10.5. The summed E-state index contributed by atoms with van der Waals surface area (Å²) in [4.78, 5) is 6.84. The molecule has 1 aromatic heterocycles. The van der Waals surface area contributed by atoms with Crippen LogP contribution in [0.25, 0.3) is 0 Å². The van der Waals surface area contributed by atoms with Crippen molar-refractivity contribution in [1.82, 2.24) is 15.0 Å². The van der Waals surface area contributed by atoms with Crippen molar-refractivity contribution in [2.75, 3.05) is 6.54 Å². The highest BCUT2D eigenvalue weighted by Crippen LogP contribution is 1.92. The van der Waals surface area contributed by atoms with Crippen LogP contribution in [0.2, 0.25) is 0 Å². The van der Waals surface area contributed by atoms with Gasteiger partial charge in [-0.2, -0.15) is 5.06 Å². The number of hydrogen-bond acceptors (Lipinski definition) is 3. The SMILES string of the molecule is CCN(O)Cc1ncc[nH]1. The van der Waals surface area contributed by atoms with Gasteiger partial charge in [0.2, 0.25) is 0 Å². The summed E-state index contributed by atoms with van der Waals surface area (Å²) < 4.78 is 0. The van der Waals surface area contributed by atoms with Gasteiger partial charge in [0.1, 0.15) is 5.82 Å². The molecule has 0 bridgehead atoms. The van der Waals surface area contributed by atoms with Crippen molar-refractivity contribution in [2.24, 2.45) is 0 Å². The normalized spacial score (nSPS) is 10.7. The molecule has 1 aromatic rings. The van der Waals surface area contributed by atoms with Gasteiger partial charge in [-0.3, -0.25) is 0 Å². The zero-order valence-electron chi connectivity index (χ0n) is 5.91. The molecule has 56 valence electrons. The summed E-state index contributed by atoms with van der Waals surface area (Å²) in [5.41, 5.74) is 0. The van der Waals surface area contributed by atoms with Gasteiger partial charge in [-0.1, -0.05) is 6.92 Å². The molecule has 2 N–H and O–H groups in total. The summed E-state index contributed by atoms with van der Waals surface area (Å²) >= 11 is 0. The Morgan fingerprint density at radius 1 is 1.80 bits per heavy atom. The standard InChI is InChI=1S/C6H11N3O/c1-2-9(10)5-6-7-3-4-8-6/h3-4,10H,2,5H2,1H3,(H,7,8). The van der Waals surface area contributed by atoms with Gasteiger partial charge in [0.15, 0.2) is 0 Å². The highest BCUT2D eigenvalue weighted by Gasteiger charge is 1.98. The van der Waals surface area contributed by atoms with Crippen molar-refractivity contribution in [3.8, 4) is 0 Å². The van der Waals surface area contributed by atoms with Gasteiger partial charge in [0.25, 0.3) is 0 Å². The van der Waals surface area contributed by atoms with Crippen LogP contribution in [0.4, 0.5) is 0 Å². The smallest absolute Gasteiger partial charge is 0.122 e. The zero-order chi connectivity index (χ0) is 7.40. The fraction of sp³-hybridized carbons (Fsp3) is 0.500. The van der Waals surface area contributed by atoms with E-state index in [0.29, 0.717) is 13.1 Å². The van der Waals surface area contributed by atoms with E-state index in [0.717, 1.165) is 5.82 Å². The molecular formula is C6H11N3O. The molecule has 0 fully saturated rings. The minimum atomic E-state index is 0.462. The van der Waals surface area contributed by atoms with E-state index < -0.39 is 0 Å². The first-order valence-corrected chi connectivity index (χ1v) is 3.25. The number of imidazole rings is 1. The predicted octanol–water partition coefficient (Wildman–Crippen LogP) is 0.621. The Kier molecular flexibility index (Phi) is 2.42. The third kappa shape index (κ3) is 1.82. The third-order valence-electron chi connectivity index (χ3n) is 1.25. The lowest BCUT2D eigenvalue weighted by Gasteiger charge is -2.08. The first kappa shape index (κ1) is 7.24. The monoisotopic (exact) mass is 141 g/mol. The second-order valence-corrected chi connectivity index (χ2v) is 2.02. The fourth-order valence-electron chi connectivity index (χ4n) is 0.669. The average Bonchev–Trinajstić information content (AvgIpc) is 2.40. The highest BCUT2D eigenvalue weighted by atomic mass is 16.5. The van der Waals surface area contributed by atoms with Crippen molar-refractivity contribution >= 4 is 0 Å². The second-order valence-electron chi connectivity index (χ2n) is 2.02. The van der Waals surface area contributed by atoms with Crippen LogP contribution in [0.15, 0.2) is 12.4 Å². The highest BCUT2D eigenvalue weighted by molar-refractivity contribution is 4.85. The Bertz CT molecular complexity index is 173. The van der Waals surface area contributed by atoms with Crippen LogP contribution in [0.5, 0.6) is 0 Å². The summed E-state index contributed by atoms with van der Waals surface area (Å²) in [7, 11) is 0. The van der Waals surface area contributed by atoms with Crippen LogP contribution < -0.4 is 0 Å². The summed E-state index contributed by atoms with van der Waals surface area (Å²) in [5, 5.41) is 10.2. The molecule has 0 amide bonds. The number of aromatic amines is 1. The molecule has 0 saturated heterocycles. The molecule has 1 rings (SSSR count). The quantitative estimate of drug-likeness (QED) is 0.607. The van der Waals surface area contributed by atoms with Gasteiger partial charge in [0, 0.05) is 18.9 Å². The number of rotatable bonds is 3. The van der Waals surface area contributed by atoms with Gasteiger partial charge >= 0.3 is 0 Å². The predicted molar refractivity (Wildman–Crippen MR) is 36.5 cm³/mol. The minimum absolute atomic E-state index is 0.462. The lowest BCUT2D eigenvalue weighted by molar-refractivity contribution is -0.0962. The largest absolute Gasteiger partial charge is 0.347 e. The van der Waals surface area contributed by atoms with E-state index in [2.05, 4.69) is 9.97 Å². The maximum absolute atomic E-state index is 9.00. The first-order chi connectivity index (χ1) is 4.83. The Balaban J connectivity index is 2.40. The van der Waals surface area contributed by atoms with Crippen molar-refractivity contribution in [3.63, 3.8) is 0 Å². The van der Waals surface area contributed by atoms with E-state index in [1.165, 1.54) is 5.06 Å². The molecule has 0 aromatic carbocycles. The van der Waals surface area contributed by atoms with Crippen molar-refractivity contribution < 1.29 is 5.21 Å². The second kappa shape index (κ2) is 3.34. The molecule has 4 heteroatoms. The molecular weight excluding hydrogens is 130 g/mol. The Hall–Kier alpha value is -0.870. The topological polar surface area (TPSA) is 52.1 Å². The van der Waals surface area contributed by atoms with Crippen LogP contribution in [0.3, 0.4) is 0 Å². The van der Waals surface area contributed by atoms with Gasteiger partial charge in [-0.05, 0) is 0 Å². The van der Waals surface area contributed by atoms with Gasteiger partial charge in [-0.25, -0.2) is 4.98 Å². The Morgan fingerprint density at radius 2 is 2.60 bits per heavy atom. The van der Waals surface area contributed by atoms with Crippen LogP contribution in [0.1, 0.15) is 12.7 Å². The minimum Gasteiger partial charge on any atom is -0.347 e. The number of hydroxylamine groups is 2. The van der Waals surface area contributed by atoms with E-state index in [9.17, 15) is 0 Å². The van der Waals surface area contributed by atoms with Gasteiger partial charge in [0.05, 0.1) is 6.54 Å².